The van der Waals surface area contributed by atoms with Crippen molar-refractivity contribution in [1.29, 1.82) is 0 Å². The van der Waals surface area contributed by atoms with E-state index in [0.29, 0.717) is 0 Å². The molecule has 3 rings (SSSR count). The molecule has 29 heavy (non-hydrogen) atoms. The van der Waals surface area contributed by atoms with Gasteiger partial charge in [-0.2, -0.15) is 0 Å². The molecule has 0 bridgehead atoms. The minimum absolute atomic E-state index is 0.0936. The number of halogens is 4. The summed E-state index contributed by atoms with van der Waals surface area (Å²) >= 11 is 0. The lowest BCUT2D eigenvalue weighted by Gasteiger charge is -2.38. The molecule has 0 spiro atoms. The van der Waals surface area contributed by atoms with Gasteiger partial charge in [0.25, 0.3) is 5.91 Å². The second-order valence-electron chi connectivity index (χ2n) is 7.37. The van der Waals surface area contributed by atoms with Gasteiger partial charge in [-0.15, -0.1) is 0 Å². The smallest absolute Gasteiger partial charge is 0.259 e. The van der Waals surface area contributed by atoms with E-state index in [2.05, 4.69) is 5.32 Å². The molecule has 0 atom stereocenters. The van der Waals surface area contributed by atoms with Crippen LogP contribution in [0.1, 0.15) is 35.7 Å². The maximum absolute atomic E-state index is 13.8. The Morgan fingerprint density at radius 2 is 1.62 bits per heavy atom. The van der Waals surface area contributed by atoms with E-state index in [4.69, 9.17) is 0 Å². The molecule has 1 saturated heterocycles. The van der Waals surface area contributed by atoms with Crippen LogP contribution in [0.5, 0.6) is 0 Å². The summed E-state index contributed by atoms with van der Waals surface area (Å²) in [6.45, 7) is 1.93. The zero-order chi connectivity index (χ0) is 21.2. The average molecular weight is 408 g/mol. The van der Waals surface area contributed by atoms with Crippen LogP contribution >= 0.6 is 0 Å². The molecule has 2 aromatic rings. The molecule has 154 valence electrons. The first-order valence-electron chi connectivity index (χ1n) is 9.17. The fourth-order valence-corrected chi connectivity index (χ4v) is 3.34. The van der Waals surface area contributed by atoms with Gasteiger partial charge in [0.2, 0.25) is 5.91 Å². The van der Waals surface area contributed by atoms with Crippen LogP contribution in [0, 0.1) is 28.7 Å². The van der Waals surface area contributed by atoms with E-state index >= 15 is 0 Å². The van der Waals surface area contributed by atoms with Crippen LogP contribution in [-0.4, -0.2) is 29.8 Å². The number of hydrogen-bond acceptors (Lipinski definition) is 2. The molecule has 0 saturated carbocycles. The van der Waals surface area contributed by atoms with Gasteiger partial charge in [-0.1, -0.05) is 19.1 Å². The van der Waals surface area contributed by atoms with Gasteiger partial charge in [0.15, 0.2) is 0 Å². The van der Waals surface area contributed by atoms with Crippen molar-refractivity contribution in [2.75, 3.05) is 13.1 Å². The summed E-state index contributed by atoms with van der Waals surface area (Å²) in [5.74, 6) is -4.39. The molecule has 1 aliphatic rings. The van der Waals surface area contributed by atoms with Crippen molar-refractivity contribution < 1.29 is 27.2 Å². The van der Waals surface area contributed by atoms with Gasteiger partial charge in [0.05, 0.1) is 0 Å². The second-order valence-corrected chi connectivity index (χ2v) is 7.37. The molecular weight excluding hydrogens is 388 g/mol. The largest absolute Gasteiger partial charge is 0.351 e. The number of nitrogens with zero attached hydrogens (tertiary/aromatic N) is 1. The fourth-order valence-electron chi connectivity index (χ4n) is 3.34. The van der Waals surface area contributed by atoms with Crippen molar-refractivity contribution in [3.63, 3.8) is 0 Å². The highest BCUT2D eigenvalue weighted by atomic mass is 19.1. The standard InChI is InChI=1S/C21H20F4N2O2/c1-21(20(29)26-12-13-5-6-14(22)11-17(13)25)7-9-27(10-8-21)19(28)18-15(23)3-2-4-16(18)24/h2-6,11H,7-10,12H2,1H3,(H,26,29). The summed E-state index contributed by atoms with van der Waals surface area (Å²) in [4.78, 5) is 26.4. The summed E-state index contributed by atoms with van der Waals surface area (Å²) in [5, 5.41) is 2.64. The van der Waals surface area contributed by atoms with Crippen molar-refractivity contribution in [1.82, 2.24) is 10.2 Å². The highest BCUT2D eigenvalue weighted by Gasteiger charge is 2.38. The summed E-state index contributed by atoms with van der Waals surface area (Å²) in [6.07, 6.45) is 0.569. The third-order valence-electron chi connectivity index (χ3n) is 5.33. The molecule has 1 fully saturated rings. The molecule has 8 heteroatoms. The van der Waals surface area contributed by atoms with E-state index in [9.17, 15) is 27.2 Å². The van der Waals surface area contributed by atoms with E-state index in [0.717, 1.165) is 24.3 Å². The fraction of sp³-hybridized carbons (Fsp3) is 0.333. The van der Waals surface area contributed by atoms with Crippen LogP contribution < -0.4 is 5.32 Å². The Hall–Kier alpha value is -2.90. The maximum Gasteiger partial charge on any atom is 0.259 e. The summed E-state index contributed by atoms with van der Waals surface area (Å²) in [7, 11) is 0. The predicted octanol–water partition coefficient (Wildman–Crippen LogP) is 3.80. The van der Waals surface area contributed by atoms with Gasteiger partial charge in [0.1, 0.15) is 28.8 Å². The lowest BCUT2D eigenvalue weighted by Crippen LogP contribution is -2.48. The van der Waals surface area contributed by atoms with E-state index in [-0.39, 0.29) is 43.9 Å². The molecule has 2 amide bonds. The van der Waals surface area contributed by atoms with Crippen LogP contribution in [0.25, 0.3) is 0 Å². The molecule has 0 aromatic heterocycles. The van der Waals surface area contributed by atoms with Crippen molar-refractivity contribution in [3.05, 3.63) is 70.8 Å². The molecule has 2 aromatic carbocycles. The van der Waals surface area contributed by atoms with Crippen molar-refractivity contribution in [3.8, 4) is 0 Å². The number of rotatable bonds is 4. The predicted molar refractivity (Wildman–Crippen MR) is 97.8 cm³/mol. The van der Waals surface area contributed by atoms with Crippen molar-refractivity contribution in [2.45, 2.75) is 26.3 Å². The van der Waals surface area contributed by atoms with E-state index < -0.39 is 40.2 Å². The summed E-state index contributed by atoms with van der Waals surface area (Å²) < 4.78 is 54.4. The quantitative estimate of drug-likeness (QED) is 0.783. The van der Waals surface area contributed by atoms with Crippen LogP contribution in [0.3, 0.4) is 0 Å². The summed E-state index contributed by atoms with van der Waals surface area (Å²) in [5.41, 5.74) is -1.26. The Morgan fingerprint density at radius 3 is 2.21 bits per heavy atom. The third-order valence-corrected chi connectivity index (χ3v) is 5.33. The zero-order valence-corrected chi connectivity index (χ0v) is 15.8. The summed E-state index contributed by atoms with van der Waals surface area (Å²) in [6, 6.07) is 6.34. The number of nitrogens with one attached hydrogen (secondary N) is 1. The highest BCUT2D eigenvalue weighted by molar-refractivity contribution is 5.95. The monoisotopic (exact) mass is 408 g/mol. The number of likely N-dealkylation sites (tertiary alicyclic amines) is 1. The van der Waals surface area contributed by atoms with Crippen molar-refractivity contribution in [2.24, 2.45) is 5.41 Å². The topological polar surface area (TPSA) is 49.4 Å². The normalized spacial score (nSPS) is 15.8. The highest BCUT2D eigenvalue weighted by Crippen LogP contribution is 2.32. The SMILES string of the molecule is CC1(C(=O)NCc2ccc(F)cc2F)CCN(C(=O)c2c(F)cccc2F)CC1. The van der Waals surface area contributed by atoms with Gasteiger partial charge >= 0.3 is 0 Å². The third kappa shape index (κ3) is 4.41. The van der Waals surface area contributed by atoms with Crippen molar-refractivity contribution >= 4 is 11.8 Å². The Balaban J connectivity index is 1.61. The Kier molecular flexibility index (Phi) is 5.91. The van der Waals surface area contributed by atoms with Crippen LogP contribution in [0.4, 0.5) is 17.6 Å². The Morgan fingerprint density at radius 1 is 1.00 bits per heavy atom. The maximum atomic E-state index is 13.8. The van der Waals surface area contributed by atoms with E-state index in [1.807, 2.05) is 0 Å². The molecule has 0 unspecified atom stereocenters. The lowest BCUT2D eigenvalue weighted by molar-refractivity contribution is -0.132. The average Bonchev–Trinajstić information content (AvgIpc) is 2.67. The van der Waals surface area contributed by atoms with Crippen LogP contribution in [0.15, 0.2) is 36.4 Å². The number of carbonyl (C=O) groups is 2. The molecule has 1 N–H and O–H groups in total. The van der Waals surface area contributed by atoms with Crippen LogP contribution in [-0.2, 0) is 11.3 Å². The molecule has 1 heterocycles. The number of benzene rings is 2. The first kappa shape index (κ1) is 20.8. The Labute approximate surface area is 165 Å². The molecule has 4 nitrogen and oxygen atoms in total. The Bertz CT molecular complexity index is 920. The van der Waals surface area contributed by atoms with Gasteiger partial charge in [-0.05, 0) is 31.0 Å². The van der Waals surface area contributed by atoms with Crippen LogP contribution in [0.2, 0.25) is 0 Å². The van der Waals surface area contributed by atoms with Gasteiger partial charge in [-0.25, -0.2) is 17.6 Å². The van der Waals surface area contributed by atoms with E-state index in [1.165, 1.54) is 17.0 Å². The second kappa shape index (κ2) is 8.23. The first-order valence-corrected chi connectivity index (χ1v) is 9.17. The lowest BCUT2D eigenvalue weighted by atomic mass is 9.79. The molecule has 0 radical (unpaired) electrons. The molecular formula is C21H20F4N2O2. The van der Waals surface area contributed by atoms with Gasteiger partial charge in [-0.3, -0.25) is 9.59 Å². The molecule has 1 aliphatic heterocycles. The van der Waals surface area contributed by atoms with Gasteiger partial charge < -0.3 is 10.2 Å². The minimum Gasteiger partial charge on any atom is -0.351 e. The number of hydrogen-bond donors (Lipinski definition) is 1. The zero-order valence-electron chi connectivity index (χ0n) is 15.8. The number of amides is 2. The van der Waals surface area contributed by atoms with Gasteiger partial charge in [0, 0.05) is 36.7 Å². The molecule has 0 aliphatic carbocycles. The first-order chi connectivity index (χ1) is 13.7. The number of piperidine rings is 1. The minimum atomic E-state index is -0.928. The van der Waals surface area contributed by atoms with E-state index in [1.54, 1.807) is 6.92 Å². The number of carbonyl (C=O) groups excluding carboxylic acids is 2.